The standard InChI is InChI=1S/C31H36ClN3O5S/c1-40-29-19-11-10-18-27(29)35(41(2,38)39)22-30(36)34(21-24-14-6-9-17-26(24)32)28(20-23-12-4-3-5-13-23)31(37)33-25-15-7-8-16-25/h3-6,9-14,17-19,25,28H,7-8,15-16,20-22H2,1-2H3,(H,33,37). The minimum Gasteiger partial charge on any atom is -0.495 e. The monoisotopic (exact) mass is 597 g/mol. The van der Waals surface area contributed by atoms with Crippen LogP contribution in [0.5, 0.6) is 5.75 Å². The van der Waals surface area contributed by atoms with Gasteiger partial charge >= 0.3 is 0 Å². The zero-order chi connectivity index (χ0) is 29.4. The third kappa shape index (κ3) is 8.01. The van der Waals surface area contributed by atoms with E-state index in [1.54, 1.807) is 42.5 Å². The Morgan fingerprint density at radius 3 is 2.27 bits per heavy atom. The van der Waals surface area contributed by atoms with Crippen molar-refractivity contribution in [3.05, 3.63) is 95.0 Å². The predicted octanol–water partition coefficient (Wildman–Crippen LogP) is 4.81. The smallest absolute Gasteiger partial charge is 0.244 e. The van der Waals surface area contributed by atoms with Crippen molar-refractivity contribution in [2.75, 3.05) is 24.2 Å². The van der Waals surface area contributed by atoms with Gasteiger partial charge in [0, 0.05) is 24.0 Å². The summed E-state index contributed by atoms with van der Waals surface area (Å²) in [5, 5.41) is 3.60. The largest absolute Gasteiger partial charge is 0.495 e. The number of hydrogen-bond donors (Lipinski definition) is 1. The maximum Gasteiger partial charge on any atom is 0.244 e. The van der Waals surface area contributed by atoms with E-state index in [9.17, 15) is 18.0 Å². The summed E-state index contributed by atoms with van der Waals surface area (Å²) in [6.45, 7) is -0.497. The van der Waals surface area contributed by atoms with Gasteiger partial charge in [-0.15, -0.1) is 0 Å². The molecular formula is C31H36ClN3O5S. The molecule has 1 saturated carbocycles. The fourth-order valence-electron chi connectivity index (χ4n) is 5.16. The summed E-state index contributed by atoms with van der Waals surface area (Å²) in [6, 6.07) is 22.3. The number of rotatable bonds is 12. The molecule has 4 rings (SSSR count). The molecule has 1 atom stereocenters. The summed E-state index contributed by atoms with van der Waals surface area (Å²) in [6.07, 6.45) is 5.15. The van der Waals surface area contributed by atoms with Gasteiger partial charge in [0.25, 0.3) is 0 Å². The van der Waals surface area contributed by atoms with Crippen molar-refractivity contribution < 1.29 is 22.7 Å². The maximum absolute atomic E-state index is 14.2. The van der Waals surface area contributed by atoms with E-state index in [1.807, 2.05) is 36.4 Å². The summed E-state index contributed by atoms with van der Waals surface area (Å²) in [7, 11) is -2.47. The lowest BCUT2D eigenvalue weighted by molar-refractivity contribution is -0.140. The normalized spacial score (nSPS) is 14.3. The fraction of sp³-hybridized carbons (Fsp3) is 0.355. The summed E-state index contributed by atoms with van der Waals surface area (Å²) < 4.78 is 32.4. The van der Waals surface area contributed by atoms with Crippen molar-refractivity contribution >= 4 is 39.1 Å². The van der Waals surface area contributed by atoms with Gasteiger partial charge < -0.3 is 15.0 Å². The van der Waals surface area contributed by atoms with Crippen LogP contribution >= 0.6 is 11.6 Å². The quantitative estimate of drug-likeness (QED) is 0.323. The van der Waals surface area contributed by atoms with Crippen LogP contribution in [0, 0.1) is 0 Å². The van der Waals surface area contributed by atoms with Gasteiger partial charge in [-0.1, -0.05) is 85.1 Å². The van der Waals surface area contributed by atoms with Gasteiger partial charge in [0.2, 0.25) is 21.8 Å². The summed E-state index contributed by atoms with van der Waals surface area (Å²) in [5.41, 5.74) is 1.76. The topological polar surface area (TPSA) is 96.0 Å². The molecule has 218 valence electrons. The summed E-state index contributed by atoms with van der Waals surface area (Å²) in [4.78, 5) is 29.6. The van der Waals surface area contributed by atoms with Gasteiger partial charge in [0.15, 0.2) is 0 Å². The molecule has 0 radical (unpaired) electrons. The average Bonchev–Trinajstić information content (AvgIpc) is 3.47. The maximum atomic E-state index is 14.2. The fourth-order valence-corrected chi connectivity index (χ4v) is 6.21. The van der Waals surface area contributed by atoms with Crippen LogP contribution in [0.15, 0.2) is 78.9 Å². The molecule has 0 heterocycles. The molecule has 1 aliphatic rings. The number of methoxy groups -OCH3 is 1. The van der Waals surface area contributed by atoms with Crippen molar-refractivity contribution in [1.29, 1.82) is 0 Å². The molecule has 41 heavy (non-hydrogen) atoms. The van der Waals surface area contributed by atoms with E-state index in [2.05, 4.69) is 5.32 Å². The molecule has 0 spiro atoms. The molecule has 1 unspecified atom stereocenters. The number of carbonyl (C=O) groups is 2. The number of nitrogens with zero attached hydrogens (tertiary/aromatic N) is 2. The number of para-hydroxylation sites is 2. The first kappa shape index (κ1) is 30.4. The first-order chi connectivity index (χ1) is 19.7. The molecule has 0 bridgehead atoms. The minimum absolute atomic E-state index is 0.0254. The van der Waals surface area contributed by atoms with Crippen molar-refractivity contribution in [3.8, 4) is 5.75 Å². The Hall–Kier alpha value is -3.56. The van der Waals surface area contributed by atoms with Crippen LogP contribution < -0.4 is 14.4 Å². The molecular weight excluding hydrogens is 562 g/mol. The van der Waals surface area contributed by atoms with Crippen LogP contribution in [0.4, 0.5) is 5.69 Å². The van der Waals surface area contributed by atoms with Gasteiger partial charge in [-0.05, 0) is 42.2 Å². The van der Waals surface area contributed by atoms with Crippen LogP contribution in [-0.4, -0.2) is 57.1 Å². The summed E-state index contributed by atoms with van der Waals surface area (Å²) in [5.74, 6) is -0.503. The number of halogens is 1. The van der Waals surface area contributed by atoms with Gasteiger partial charge in [0.05, 0.1) is 19.1 Å². The highest BCUT2D eigenvalue weighted by molar-refractivity contribution is 7.92. The van der Waals surface area contributed by atoms with E-state index in [-0.39, 0.29) is 30.6 Å². The molecule has 3 aromatic rings. The number of ether oxygens (including phenoxy) is 1. The Kier molecular flexibility index (Phi) is 10.3. The number of anilines is 1. The number of sulfonamides is 1. The second-order valence-electron chi connectivity index (χ2n) is 10.3. The van der Waals surface area contributed by atoms with Crippen molar-refractivity contribution in [1.82, 2.24) is 10.2 Å². The zero-order valence-corrected chi connectivity index (χ0v) is 24.9. The number of carbonyl (C=O) groups excluding carboxylic acids is 2. The average molecular weight is 598 g/mol. The molecule has 2 amide bonds. The lowest BCUT2D eigenvalue weighted by atomic mass is 10.0. The molecule has 0 aliphatic heterocycles. The van der Waals surface area contributed by atoms with E-state index in [0.717, 1.165) is 41.8 Å². The number of nitrogens with one attached hydrogen (secondary N) is 1. The Morgan fingerprint density at radius 2 is 1.61 bits per heavy atom. The molecule has 10 heteroatoms. The number of hydrogen-bond acceptors (Lipinski definition) is 5. The van der Waals surface area contributed by atoms with Crippen molar-refractivity contribution in [2.45, 2.75) is 50.7 Å². The van der Waals surface area contributed by atoms with Gasteiger partial charge in [-0.2, -0.15) is 0 Å². The highest BCUT2D eigenvalue weighted by Gasteiger charge is 2.35. The van der Waals surface area contributed by atoms with E-state index < -0.39 is 28.5 Å². The Labute approximate surface area is 247 Å². The highest BCUT2D eigenvalue weighted by Crippen LogP contribution is 2.30. The number of amides is 2. The SMILES string of the molecule is COc1ccccc1N(CC(=O)N(Cc1ccccc1Cl)C(Cc1ccccc1)C(=O)NC1CCCC1)S(C)(=O)=O. The van der Waals surface area contributed by atoms with Crippen molar-refractivity contribution in [3.63, 3.8) is 0 Å². The van der Waals surface area contributed by atoms with Crippen LogP contribution in [0.3, 0.4) is 0 Å². The van der Waals surface area contributed by atoms with Crippen LogP contribution in [0.1, 0.15) is 36.8 Å². The lowest BCUT2D eigenvalue weighted by Crippen LogP contribution is -2.54. The van der Waals surface area contributed by atoms with Gasteiger partial charge in [-0.3, -0.25) is 13.9 Å². The van der Waals surface area contributed by atoms with Crippen molar-refractivity contribution in [2.24, 2.45) is 0 Å². The minimum atomic E-state index is -3.90. The predicted molar refractivity (Wildman–Crippen MR) is 162 cm³/mol. The van der Waals surface area contributed by atoms with E-state index >= 15 is 0 Å². The molecule has 0 saturated heterocycles. The van der Waals surface area contributed by atoms with E-state index in [1.165, 1.54) is 12.0 Å². The Bertz CT molecular complexity index is 1440. The molecule has 8 nitrogen and oxygen atoms in total. The zero-order valence-electron chi connectivity index (χ0n) is 23.3. The Balaban J connectivity index is 1.75. The number of benzene rings is 3. The molecule has 1 aliphatic carbocycles. The second kappa shape index (κ2) is 13.9. The summed E-state index contributed by atoms with van der Waals surface area (Å²) >= 11 is 6.51. The van der Waals surface area contributed by atoms with Crippen LogP contribution in [0.2, 0.25) is 5.02 Å². The molecule has 1 fully saturated rings. The first-order valence-corrected chi connectivity index (χ1v) is 15.9. The van der Waals surface area contributed by atoms with Crippen LogP contribution in [0.25, 0.3) is 0 Å². The van der Waals surface area contributed by atoms with E-state index in [4.69, 9.17) is 16.3 Å². The third-order valence-electron chi connectivity index (χ3n) is 7.30. The van der Waals surface area contributed by atoms with E-state index in [0.29, 0.717) is 16.3 Å². The molecule has 1 N–H and O–H groups in total. The molecule has 0 aromatic heterocycles. The first-order valence-electron chi connectivity index (χ1n) is 13.6. The Morgan fingerprint density at radius 1 is 0.976 bits per heavy atom. The second-order valence-corrected chi connectivity index (χ2v) is 12.6. The van der Waals surface area contributed by atoms with Gasteiger partial charge in [0.1, 0.15) is 18.3 Å². The van der Waals surface area contributed by atoms with Crippen LogP contribution in [-0.2, 0) is 32.6 Å². The lowest BCUT2D eigenvalue weighted by Gasteiger charge is -2.34. The highest BCUT2D eigenvalue weighted by atomic mass is 35.5. The molecule has 3 aromatic carbocycles. The third-order valence-corrected chi connectivity index (χ3v) is 8.80. The van der Waals surface area contributed by atoms with Gasteiger partial charge in [-0.25, -0.2) is 8.42 Å².